The topological polar surface area (TPSA) is 87.6 Å². The molecule has 0 aliphatic rings. The molecule has 0 aliphatic heterocycles. The van der Waals surface area contributed by atoms with Crippen LogP contribution in [0.15, 0.2) is 23.0 Å². The molecule has 0 saturated heterocycles. The van der Waals surface area contributed by atoms with Gasteiger partial charge in [0.25, 0.3) is 5.56 Å². The lowest BCUT2D eigenvalue weighted by molar-refractivity contribution is 0.932. The van der Waals surface area contributed by atoms with Gasteiger partial charge in [-0.25, -0.2) is 0 Å². The van der Waals surface area contributed by atoms with Crippen molar-refractivity contribution >= 4 is 29.5 Å². The van der Waals surface area contributed by atoms with E-state index in [-0.39, 0.29) is 10.5 Å². The van der Waals surface area contributed by atoms with Crippen molar-refractivity contribution in [3.05, 3.63) is 38.3 Å². The minimum atomic E-state index is -0.405. The smallest absolute Gasteiger partial charge is 0.278 e. The molecule has 4 N–H and O–H groups in total. The van der Waals surface area contributed by atoms with E-state index in [2.05, 4.69) is 15.2 Å². The average molecular weight is 255 g/mol. The summed E-state index contributed by atoms with van der Waals surface area (Å²) in [6.45, 7) is 0. The first-order valence-corrected chi connectivity index (χ1v) is 5.11. The van der Waals surface area contributed by atoms with Gasteiger partial charge in [-0.05, 0) is 30.4 Å². The fraction of sp³-hybridized carbons (Fsp3) is 0. The third-order valence-electron chi connectivity index (χ3n) is 1.98. The second kappa shape index (κ2) is 4.07. The van der Waals surface area contributed by atoms with Crippen LogP contribution in [0, 0.1) is 4.77 Å². The maximum atomic E-state index is 11.6. The molecule has 16 heavy (non-hydrogen) atoms. The first kappa shape index (κ1) is 10.8. The van der Waals surface area contributed by atoms with E-state index in [1.165, 1.54) is 0 Å². The molecule has 1 aromatic carbocycles. The molecular weight excluding hydrogens is 248 g/mol. The minimum absolute atomic E-state index is 0.161. The van der Waals surface area contributed by atoms with Crippen LogP contribution in [0.4, 0.5) is 5.69 Å². The monoisotopic (exact) mass is 254 g/mol. The van der Waals surface area contributed by atoms with Crippen LogP contribution in [-0.2, 0) is 0 Å². The highest BCUT2D eigenvalue weighted by atomic mass is 35.5. The highest BCUT2D eigenvalue weighted by Gasteiger charge is 2.09. The zero-order chi connectivity index (χ0) is 11.7. The number of nitrogens with two attached hydrogens (primary N) is 1. The molecule has 82 valence electrons. The predicted molar refractivity (Wildman–Crippen MR) is 64.9 cm³/mol. The van der Waals surface area contributed by atoms with Crippen molar-refractivity contribution in [3.8, 4) is 11.3 Å². The first-order valence-electron chi connectivity index (χ1n) is 4.32. The fourth-order valence-corrected chi connectivity index (χ4v) is 1.57. The van der Waals surface area contributed by atoms with E-state index >= 15 is 0 Å². The summed E-state index contributed by atoms with van der Waals surface area (Å²) in [7, 11) is 0. The van der Waals surface area contributed by atoms with E-state index in [1.807, 2.05) is 0 Å². The number of halogens is 1. The maximum absolute atomic E-state index is 11.6. The van der Waals surface area contributed by atoms with Crippen molar-refractivity contribution in [2.75, 3.05) is 5.73 Å². The number of aromatic amines is 2. The summed E-state index contributed by atoms with van der Waals surface area (Å²) in [6.07, 6.45) is 0. The first-order chi connectivity index (χ1) is 7.58. The summed E-state index contributed by atoms with van der Waals surface area (Å²) in [5.41, 5.74) is 6.39. The Morgan fingerprint density at radius 2 is 2.19 bits per heavy atom. The number of rotatable bonds is 1. The van der Waals surface area contributed by atoms with E-state index in [0.717, 1.165) is 0 Å². The van der Waals surface area contributed by atoms with Crippen LogP contribution >= 0.6 is 23.8 Å². The van der Waals surface area contributed by atoms with Crippen molar-refractivity contribution in [1.82, 2.24) is 15.2 Å². The summed E-state index contributed by atoms with van der Waals surface area (Å²) in [4.78, 5) is 14.0. The molecule has 0 unspecified atom stereocenters. The van der Waals surface area contributed by atoms with E-state index in [1.54, 1.807) is 18.2 Å². The quantitative estimate of drug-likeness (QED) is 0.534. The van der Waals surface area contributed by atoms with Gasteiger partial charge in [-0.15, -0.1) is 0 Å². The molecule has 7 heteroatoms. The van der Waals surface area contributed by atoms with Crippen molar-refractivity contribution in [3.63, 3.8) is 0 Å². The van der Waals surface area contributed by atoms with Crippen LogP contribution in [0.1, 0.15) is 0 Å². The molecule has 0 aliphatic carbocycles. The summed E-state index contributed by atoms with van der Waals surface area (Å²) in [5.74, 6) is 0. The highest BCUT2D eigenvalue weighted by molar-refractivity contribution is 7.71. The van der Waals surface area contributed by atoms with Crippen LogP contribution in [0.25, 0.3) is 11.3 Å². The van der Waals surface area contributed by atoms with Gasteiger partial charge in [-0.1, -0.05) is 11.6 Å². The third kappa shape index (κ3) is 1.98. The van der Waals surface area contributed by atoms with Gasteiger partial charge >= 0.3 is 0 Å². The van der Waals surface area contributed by atoms with Crippen LogP contribution < -0.4 is 11.3 Å². The normalized spacial score (nSPS) is 10.3. The Morgan fingerprint density at radius 3 is 2.88 bits per heavy atom. The molecule has 1 aromatic heterocycles. The van der Waals surface area contributed by atoms with Crippen molar-refractivity contribution in [2.45, 2.75) is 0 Å². The number of hydrogen-bond donors (Lipinski definition) is 3. The van der Waals surface area contributed by atoms with E-state index in [4.69, 9.17) is 29.6 Å². The Balaban J connectivity index is 2.72. The van der Waals surface area contributed by atoms with Crippen LogP contribution in [0.2, 0.25) is 5.02 Å². The van der Waals surface area contributed by atoms with Gasteiger partial charge in [0.05, 0.1) is 0 Å². The number of aromatic nitrogens is 3. The Labute approximate surface area is 100 Å². The number of hydrogen-bond acceptors (Lipinski definition) is 4. The lowest BCUT2D eigenvalue weighted by Crippen LogP contribution is -2.13. The number of nitrogen functional groups attached to an aromatic ring is 1. The van der Waals surface area contributed by atoms with E-state index in [0.29, 0.717) is 16.3 Å². The van der Waals surface area contributed by atoms with Gasteiger partial charge in [0.2, 0.25) is 0 Å². The van der Waals surface area contributed by atoms with Crippen LogP contribution in [0.5, 0.6) is 0 Å². The van der Waals surface area contributed by atoms with Crippen molar-refractivity contribution in [1.29, 1.82) is 0 Å². The van der Waals surface area contributed by atoms with E-state index in [9.17, 15) is 4.79 Å². The Morgan fingerprint density at radius 1 is 1.44 bits per heavy atom. The van der Waals surface area contributed by atoms with Gasteiger partial charge < -0.3 is 5.73 Å². The molecule has 2 rings (SSSR count). The number of nitrogens with zero attached hydrogens (tertiary/aromatic N) is 1. The molecule has 0 fully saturated rings. The predicted octanol–water partition coefficient (Wildman–Crippen LogP) is 1.73. The van der Waals surface area contributed by atoms with Crippen LogP contribution in [0.3, 0.4) is 0 Å². The molecule has 1 heterocycles. The number of anilines is 1. The fourth-order valence-electron chi connectivity index (χ4n) is 1.26. The molecule has 0 bridgehead atoms. The molecule has 0 radical (unpaired) electrons. The van der Waals surface area contributed by atoms with Crippen molar-refractivity contribution in [2.24, 2.45) is 0 Å². The average Bonchev–Trinajstić information content (AvgIpc) is 2.22. The van der Waals surface area contributed by atoms with E-state index < -0.39 is 5.56 Å². The lowest BCUT2D eigenvalue weighted by Gasteiger charge is -2.03. The summed E-state index contributed by atoms with van der Waals surface area (Å²) in [6, 6.07) is 4.82. The minimum Gasteiger partial charge on any atom is -0.398 e. The summed E-state index contributed by atoms with van der Waals surface area (Å²) < 4.78 is 0.161. The lowest BCUT2D eigenvalue weighted by atomic mass is 10.1. The van der Waals surface area contributed by atoms with Gasteiger partial charge in [0.1, 0.15) is 0 Å². The summed E-state index contributed by atoms with van der Waals surface area (Å²) in [5, 5.41) is 6.81. The summed E-state index contributed by atoms with van der Waals surface area (Å²) >= 11 is 10.6. The number of H-pyrrole nitrogens is 2. The molecular formula is C9H7ClN4OS. The van der Waals surface area contributed by atoms with Gasteiger partial charge in [0.15, 0.2) is 10.5 Å². The third-order valence-corrected chi connectivity index (χ3v) is 2.41. The molecule has 2 aromatic rings. The standard InChI is InChI=1S/C9H7ClN4OS/c10-4-1-2-6(11)5(3-4)7-8(15)12-9(16)14-13-7/h1-3H,11H2,(H2,12,14,15,16). The van der Waals surface area contributed by atoms with Gasteiger partial charge in [-0.2, -0.15) is 5.10 Å². The molecule has 0 atom stereocenters. The molecule has 0 saturated carbocycles. The molecule has 0 amide bonds. The van der Waals surface area contributed by atoms with Crippen molar-refractivity contribution < 1.29 is 0 Å². The molecule has 0 spiro atoms. The van der Waals surface area contributed by atoms with Gasteiger partial charge in [0, 0.05) is 16.3 Å². The second-order valence-corrected chi connectivity index (χ2v) is 3.93. The maximum Gasteiger partial charge on any atom is 0.278 e. The second-order valence-electron chi connectivity index (χ2n) is 3.09. The number of nitrogens with one attached hydrogen (secondary N) is 2. The zero-order valence-electron chi connectivity index (χ0n) is 7.95. The Hall–Kier alpha value is -1.66. The van der Waals surface area contributed by atoms with Gasteiger partial charge in [-0.3, -0.25) is 14.9 Å². The molecule has 5 nitrogen and oxygen atoms in total. The Kier molecular flexibility index (Phi) is 2.76. The van der Waals surface area contributed by atoms with Crippen LogP contribution in [-0.4, -0.2) is 15.2 Å². The number of benzene rings is 1. The SMILES string of the molecule is Nc1ccc(Cl)cc1-c1n[nH]c(=S)[nH]c1=O. The Bertz CT molecular complexity index is 648. The largest absolute Gasteiger partial charge is 0.398 e. The zero-order valence-corrected chi connectivity index (χ0v) is 9.52. The highest BCUT2D eigenvalue weighted by Crippen LogP contribution is 2.24.